The van der Waals surface area contributed by atoms with Crippen molar-refractivity contribution in [2.45, 2.75) is 0 Å². The Hall–Kier alpha value is -1.79. The van der Waals surface area contributed by atoms with Crippen LogP contribution in [0.1, 0.15) is 0 Å². The predicted octanol–water partition coefficient (Wildman–Crippen LogP) is 1.11. The molecule has 0 atom stereocenters. The van der Waals surface area contributed by atoms with E-state index in [9.17, 15) is 22.4 Å². The summed E-state index contributed by atoms with van der Waals surface area (Å²) < 4.78 is 55.0. The number of nitrogens with two attached hydrogens (primary N) is 1. The predicted molar refractivity (Wildman–Crippen MR) is 41.0 cm³/mol. The Kier molecular flexibility index (Phi) is 3.13. The lowest BCUT2D eigenvalue weighted by Crippen LogP contribution is -2.21. The third-order valence-corrected chi connectivity index (χ3v) is 1.43. The van der Waals surface area contributed by atoms with Crippen LogP contribution in [0.5, 0.6) is 5.75 Å². The number of primary amides is 1. The van der Waals surface area contributed by atoms with E-state index >= 15 is 0 Å². The minimum Gasteiger partial charge on any atom is -0.477 e. The van der Waals surface area contributed by atoms with Gasteiger partial charge in [-0.1, -0.05) is 0 Å². The van der Waals surface area contributed by atoms with E-state index in [0.29, 0.717) is 0 Å². The van der Waals surface area contributed by atoms with Gasteiger partial charge in [-0.3, -0.25) is 4.79 Å². The van der Waals surface area contributed by atoms with Crippen LogP contribution in [0, 0.1) is 23.3 Å². The Bertz CT molecular complexity index is 382. The van der Waals surface area contributed by atoms with E-state index in [1.807, 2.05) is 0 Å². The summed E-state index contributed by atoms with van der Waals surface area (Å²) in [6, 6.07) is 0.0296. The first-order valence-corrected chi connectivity index (χ1v) is 3.67. The van der Waals surface area contributed by atoms with Crippen LogP contribution in [0.3, 0.4) is 0 Å². The van der Waals surface area contributed by atoms with Gasteiger partial charge in [-0.05, 0) is 0 Å². The maximum atomic E-state index is 12.8. The van der Waals surface area contributed by atoms with Gasteiger partial charge in [0.15, 0.2) is 24.0 Å². The average Bonchev–Trinajstić information content (AvgIpc) is 2.14. The Morgan fingerprint density at radius 3 is 2.07 bits per heavy atom. The molecule has 0 heterocycles. The quantitative estimate of drug-likeness (QED) is 0.616. The monoisotopic (exact) mass is 223 g/mol. The SMILES string of the molecule is NC(=O)COc1c(F)c(F)cc(F)c1F. The van der Waals surface area contributed by atoms with Crippen LogP contribution in [0.15, 0.2) is 6.07 Å². The first-order chi connectivity index (χ1) is 6.93. The standard InChI is InChI=1S/C8H5F4NO2/c9-3-1-4(10)7(12)8(6(3)11)15-2-5(13)14/h1H,2H2,(H2,13,14). The number of rotatable bonds is 3. The lowest BCUT2D eigenvalue weighted by molar-refractivity contribution is -0.120. The second kappa shape index (κ2) is 4.16. The molecule has 0 spiro atoms. The van der Waals surface area contributed by atoms with Crippen LogP contribution in [-0.2, 0) is 4.79 Å². The van der Waals surface area contributed by atoms with Crippen molar-refractivity contribution in [3.8, 4) is 5.75 Å². The van der Waals surface area contributed by atoms with E-state index in [-0.39, 0.29) is 6.07 Å². The highest BCUT2D eigenvalue weighted by molar-refractivity contribution is 5.75. The van der Waals surface area contributed by atoms with E-state index in [1.165, 1.54) is 0 Å². The third-order valence-electron chi connectivity index (χ3n) is 1.43. The number of benzene rings is 1. The summed E-state index contributed by atoms with van der Waals surface area (Å²) in [6.45, 7) is -0.878. The summed E-state index contributed by atoms with van der Waals surface area (Å²) in [5.74, 6) is -8.99. The van der Waals surface area contributed by atoms with E-state index < -0.39 is 41.5 Å². The van der Waals surface area contributed by atoms with E-state index in [4.69, 9.17) is 0 Å². The fourth-order valence-corrected chi connectivity index (χ4v) is 0.821. The summed E-state index contributed by atoms with van der Waals surface area (Å²) in [5, 5.41) is 0. The molecule has 0 fully saturated rings. The molecule has 0 aliphatic heterocycles. The molecule has 1 aromatic rings. The highest BCUT2D eigenvalue weighted by Crippen LogP contribution is 2.26. The van der Waals surface area contributed by atoms with Crippen LogP contribution < -0.4 is 10.5 Å². The molecular formula is C8H5F4NO2. The van der Waals surface area contributed by atoms with Crippen molar-refractivity contribution in [2.75, 3.05) is 6.61 Å². The van der Waals surface area contributed by atoms with Crippen LogP contribution in [0.2, 0.25) is 0 Å². The first-order valence-electron chi connectivity index (χ1n) is 3.67. The summed E-state index contributed by atoms with van der Waals surface area (Å²) in [6.07, 6.45) is 0. The molecule has 0 saturated carbocycles. The molecule has 0 unspecified atom stereocenters. The van der Waals surface area contributed by atoms with Gasteiger partial charge in [0.1, 0.15) is 0 Å². The number of ether oxygens (including phenoxy) is 1. The van der Waals surface area contributed by atoms with Crippen molar-refractivity contribution in [2.24, 2.45) is 5.73 Å². The van der Waals surface area contributed by atoms with Gasteiger partial charge < -0.3 is 10.5 Å². The zero-order chi connectivity index (χ0) is 11.6. The zero-order valence-electron chi connectivity index (χ0n) is 7.19. The smallest absolute Gasteiger partial charge is 0.255 e. The van der Waals surface area contributed by atoms with Gasteiger partial charge in [0.25, 0.3) is 5.91 Å². The molecule has 2 N–H and O–H groups in total. The topological polar surface area (TPSA) is 52.3 Å². The lowest BCUT2D eigenvalue weighted by Gasteiger charge is -2.07. The Morgan fingerprint density at radius 2 is 1.67 bits per heavy atom. The van der Waals surface area contributed by atoms with Crippen molar-refractivity contribution in [3.05, 3.63) is 29.3 Å². The largest absolute Gasteiger partial charge is 0.477 e. The van der Waals surface area contributed by atoms with Crippen LogP contribution in [-0.4, -0.2) is 12.5 Å². The lowest BCUT2D eigenvalue weighted by atomic mass is 10.3. The zero-order valence-corrected chi connectivity index (χ0v) is 7.19. The molecule has 0 aliphatic carbocycles. The molecule has 7 heteroatoms. The summed E-state index contributed by atoms with van der Waals surface area (Å²) >= 11 is 0. The van der Waals surface area contributed by atoms with Crippen molar-refractivity contribution in [1.29, 1.82) is 0 Å². The van der Waals surface area contributed by atoms with Gasteiger partial charge in [0.05, 0.1) is 0 Å². The minimum atomic E-state index is -1.71. The molecule has 0 radical (unpaired) electrons. The van der Waals surface area contributed by atoms with Crippen LogP contribution in [0.4, 0.5) is 17.6 Å². The summed E-state index contributed by atoms with van der Waals surface area (Å²) in [5.41, 5.74) is 4.62. The van der Waals surface area contributed by atoms with Gasteiger partial charge in [-0.2, -0.15) is 8.78 Å². The molecule has 15 heavy (non-hydrogen) atoms. The fraction of sp³-hybridized carbons (Fsp3) is 0.125. The van der Waals surface area contributed by atoms with Gasteiger partial charge >= 0.3 is 0 Å². The van der Waals surface area contributed by atoms with Gasteiger partial charge in [0, 0.05) is 6.07 Å². The van der Waals surface area contributed by atoms with Gasteiger partial charge in [-0.25, -0.2) is 8.78 Å². The van der Waals surface area contributed by atoms with E-state index in [2.05, 4.69) is 10.5 Å². The molecule has 0 saturated heterocycles. The molecule has 1 rings (SSSR count). The number of amides is 1. The maximum absolute atomic E-state index is 12.8. The van der Waals surface area contributed by atoms with Crippen molar-refractivity contribution in [1.82, 2.24) is 0 Å². The molecule has 1 amide bonds. The molecule has 0 aromatic heterocycles. The van der Waals surface area contributed by atoms with Gasteiger partial charge in [-0.15, -0.1) is 0 Å². The summed E-state index contributed by atoms with van der Waals surface area (Å²) in [4.78, 5) is 10.2. The highest BCUT2D eigenvalue weighted by Gasteiger charge is 2.20. The second-order valence-electron chi connectivity index (χ2n) is 2.55. The normalized spacial score (nSPS) is 10.1. The highest BCUT2D eigenvalue weighted by atomic mass is 19.2. The van der Waals surface area contributed by atoms with Gasteiger partial charge in [0.2, 0.25) is 11.6 Å². The maximum Gasteiger partial charge on any atom is 0.255 e. The van der Waals surface area contributed by atoms with Crippen molar-refractivity contribution in [3.63, 3.8) is 0 Å². The number of carbonyl (C=O) groups excluding carboxylic acids is 1. The number of halogens is 4. The Balaban J connectivity index is 3.09. The van der Waals surface area contributed by atoms with Crippen LogP contribution in [0.25, 0.3) is 0 Å². The molecule has 0 bridgehead atoms. The van der Waals surface area contributed by atoms with Crippen LogP contribution >= 0.6 is 0 Å². The Morgan fingerprint density at radius 1 is 1.20 bits per heavy atom. The van der Waals surface area contributed by atoms with E-state index in [1.54, 1.807) is 0 Å². The van der Waals surface area contributed by atoms with E-state index in [0.717, 1.165) is 0 Å². The first kappa shape index (κ1) is 11.3. The number of carbonyl (C=O) groups is 1. The molecule has 82 valence electrons. The Labute approximate surface area is 81.4 Å². The number of hydrogen-bond donors (Lipinski definition) is 1. The second-order valence-corrected chi connectivity index (χ2v) is 2.55. The molecule has 1 aromatic carbocycles. The fourth-order valence-electron chi connectivity index (χ4n) is 0.821. The molecule has 3 nitrogen and oxygen atoms in total. The minimum absolute atomic E-state index is 0.0296. The molecule has 0 aliphatic rings. The number of hydrogen-bond acceptors (Lipinski definition) is 2. The average molecular weight is 223 g/mol. The third kappa shape index (κ3) is 2.36. The summed E-state index contributed by atoms with van der Waals surface area (Å²) in [7, 11) is 0. The molecular weight excluding hydrogens is 218 g/mol. The van der Waals surface area contributed by atoms with Crippen molar-refractivity contribution < 1.29 is 27.1 Å². The van der Waals surface area contributed by atoms with Crippen molar-refractivity contribution >= 4 is 5.91 Å².